The second-order valence-corrected chi connectivity index (χ2v) is 11.4. The van der Waals surface area contributed by atoms with Gasteiger partial charge in [-0.1, -0.05) is 6.07 Å². The summed E-state index contributed by atoms with van der Waals surface area (Å²) < 4.78 is 33.6. The molecule has 0 saturated carbocycles. The molecule has 11 heteroatoms. The Kier molecular flexibility index (Phi) is 7.89. The molecule has 0 atom stereocenters. The summed E-state index contributed by atoms with van der Waals surface area (Å²) in [7, 11) is 0. The first-order chi connectivity index (χ1) is 17.1. The SMILES string of the molecule is CC(C)(C)OC(=O)N1CCC(Sc2ccncc2NC(=O)c2csc(-c3c(F)cccc3F)n2)CC1. The van der Waals surface area contributed by atoms with Crippen molar-refractivity contribution in [2.24, 2.45) is 0 Å². The molecule has 1 aliphatic rings. The summed E-state index contributed by atoms with van der Waals surface area (Å²) in [6, 6.07) is 5.40. The number of thioether (sulfide) groups is 1. The van der Waals surface area contributed by atoms with Crippen molar-refractivity contribution < 1.29 is 23.1 Å². The minimum Gasteiger partial charge on any atom is -0.444 e. The first-order valence-electron chi connectivity index (χ1n) is 11.4. The molecule has 1 fully saturated rings. The van der Waals surface area contributed by atoms with Crippen LogP contribution in [0.25, 0.3) is 10.6 Å². The van der Waals surface area contributed by atoms with Gasteiger partial charge in [0.25, 0.3) is 5.91 Å². The number of rotatable bonds is 5. The fourth-order valence-electron chi connectivity index (χ4n) is 3.62. The van der Waals surface area contributed by atoms with Crippen LogP contribution in [0.5, 0.6) is 0 Å². The van der Waals surface area contributed by atoms with Crippen molar-refractivity contribution in [1.29, 1.82) is 0 Å². The van der Waals surface area contributed by atoms with Gasteiger partial charge in [-0.05, 0) is 51.8 Å². The lowest BCUT2D eigenvalue weighted by molar-refractivity contribution is 0.0219. The number of hydrogen-bond donors (Lipinski definition) is 1. The van der Waals surface area contributed by atoms with Crippen LogP contribution in [-0.2, 0) is 4.74 Å². The van der Waals surface area contributed by atoms with E-state index < -0.39 is 23.1 Å². The first-order valence-corrected chi connectivity index (χ1v) is 13.2. The number of nitrogens with zero attached hydrogens (tertiary/aromatic N) is 3. The zero-order chi connectivity index (χ0) is 25.9. The van der Waals surface area contributed by atoms with Gasteiger partial charge in [0.1, 0.15) is 27.9 Å². The molecule has 1 aromatic carbocycles. The Morgan fingerprint density at radius 3 is 2.53 bits per heavy atom. The van der Waals surface area contributed by atoms with Crippen molar-refractivity contribution in [2.45, 2.75) is 49.4 Å². The normalized spacial score (nSPS) is 14.5. The molecule has 4 rings (SSSR count). The van der Waals surface area contributed by atoms with Crippen molar-refractivity contribution in [1.82, 2.24) is 14.9 Å². The minimum atomic E-state index is -0.736. The zero-order valence-electron chi connectivity index (χ0n) is 20.1. The maximum atomic E-state index is 14.1. The second kappa shape index (κ2) is 10.9. The Hall–Kier alpha value is -3.05. The third kappa shape index (κ3) is 6.38. The maximum Gasteiger partial charge on any atom is 0.410 e. The third-order valence-electron chi connectivity index (χ3n) is 5.33. The van der Waals surface area contributed by atoms with Crippen LogP contribution in [0, 0.1) is 11.6 Å². The minimum absolute atomic E-state index is 0.0584. The third-order valence-corrected chi connectivity index (χ3v) is 7.60. The van der Waals surface area contributed by atoms with Crippen molar-refractivity contribution in [3.8, 4) is 10.6 Å². The molecule has 0 aliphatic carbocycles. The maximum absolute atomic E-state index is 14.1. The van der Waals surface area contributed by atoms with Gasteiger partial charge in [-0.25, -0.2) is 18.6 Å². The fraction of sp³-hybridized carbons (Fsp3) is 0.360. The fourth-order valence-corrected chi connectivity index (χ4v) is 5.64. The number of piperidine rings is 1. The molecule has 1 aliphatic heterocycles. The highest BCUT2D eigenvalue weighted by molar-refractivity contribution is 8.00. The molecular formula is C25H26F2N4O3S2. The lowest BCUT2D eigenvalue weighted by Gasteiger charge is -2.33. The molecule has 1 saturated heterocycles. The highest BCUT2D eigenvalue weighted by atomic mass is 32.2. The molecule has 0 unspecified atom stereocenters. The largest absolute Gasteiger partial charge is 0.444 e. The Labute approximate surface area is 216 Å². The van der Waals surface area contributed by atoms with Crippen molar-refractivity contribution in [3.05, 3.63) is 59.4 Å². The van der Waals surface area contributed by atoms with Crippen LogP contribution < -0.4 is 5.32 Å². The van der Waals surface area contributed by atoms with Gasteiger partial charge in [0.15, 0.2) is 0 Å². The predicted molar refractivity (Wildman–Crippen MR) is 136 cm³/mol. The van der Waals surface area contributed by atoms with Crippen LogP contribution >= 0.6 is 23.1 Å². The summed E-state index contributed by atoms with van der Waals surface area (Å²) in [6.45, 7) is 6.72. The molecule has 0 radical (unpaired) electrons. The average molecular weight is 533 g/mol. The van der Waals surface area contributed by atoms with E-state index in [1.165, 1.54) is 11.4 Å². The predicted octanol–water partition coefficient (Wildman–Crippen LogP) is 6.23. The Balaban J connectivity index is 1.39. The molecule has 0 spiro atoms. The number of ether oxygens (including phenoxy) is 1. The summed E-state index contributed by atoms with van der Waals surface area (Å²) in [5.74, 6) is -1.97. The number of likely N-dealkylation sites (tertiary alicyclic amines) is 1. The van der Waals surface area contributed by atoms with Crippen molar-refractivity contribution >= 4 is 40.8 Å². The van der Waals surface area contributed by atoms with Crippen LogP contribution in [-0.4, -0.2) is 50.8 Å². The van der Waals surface area contributed by atoms with Gasteiger partial charge < -0.3 is 15.0 Å². The zero-order valence-corrected chi connectivity index (χ0v) is 21.7. The van der Waals surface area contributed by atoms with E-state index >= 15 is 0 Å². The smallest absolute Gasteiger partial charge is 0.410 e. The summed E-state index contributed by atoms with van der Waals surface area (Å²) in [6.07, 6.45) is 4.46. The number of thiazole rings is 1. The van der Waals surface area contributed by atoms with E-state index in [9.17, 15) is 18.4 Å². The van der Waals surface area contributed by atoms with Crippen LogP contribution in [0.3, 0.4) is 0 Å². The second-order valence-electron chi connectivity index (χ2n) is 9.25. The number of nitrogens with one attached hydrogen (secondary N) is 1. The standard InChI is InChI=1S/C25H26F2N4O3S2/c1-25(2,3)34-24(33)31-11-8-15(9-12-31)36-20-7-10-28-13-18(20)29-22(32)19-14-35-23(30-19)21-16(26)5-4-6-17(21)27/h4-7,10,13-15H,8-9,11-12H2,1-3H3,(H,29,32). The number of pyridine rings is 1. The quantitative estimate of drug-likeness (QED) is 0.420. The molecular weight excluding hydrogens is 506 g/mol. The number of hydrogen-bond acceptors (Lipinski definition) is 7. The molecule has 2 amide bonds. The van der Waals surface area contributed by atoms with E-state index in [0.29, 0.717) is 18.8 Å². The van der Waals surface area contributed by atoms with Gasteiger partial charge in [-0.3, -0.25) is 9.78 Å². The molecule has 2 aromatic heterocycles. The van der Waals surface area contributed by atoms with Gasteiger partial charge in [0, 0.05) is 34.8 Å². The highest BCUT2D eigenvalue weighted by Crippen LogP contribution is 2.35. The summed E-state index contributed by atoms with van der Waals surface area (Å²) >= 11 is 2.60. The van der Waals surface area contributed by atoms with Crippen LogP contribution in [0.15, 0.2) is 46.9 Å². The molecule has 3 aromatic rings. The lowest BCUT2D eigenvalue weighted by Crippen LogP contribution is -2.42. The Morgan fingerprint density at radius 2 is 1.86 bits per heavy atom. The number of halogens is 2. The number of aromatic nitrogens is 2. The van der Waals surface area contributed by atoms with Gasteiger partial charge in [0.05, 0.1) is 17.4 Å². The Morgan fingerprint density at radius 1 is 1.17 bits per heavy atom. The van der Waals surface area contributed by atoms with E-state index in [4.69, 9.17) is 4.74 Å². The number of benzene rings is 1. The van der Waals surface area contributed by atoms with Gasteiger partial charge in [0.2, 0.25) is 0 Å². The summed E-state index contributed by atoms with van der Waals surface area (Å²) in [5.41, 5.74) is -0.206. The van der Waals surface area contributed by atoms with Gasteiger partial charge in [-0.2, -0.15) is 0 Å². The average Bonchev–Trinajstić information content (AvgIpc) is 3.29. The first kappa shape index (κ1) is 26.0. The number of anilines is 1. The van der Waals surface area contributed by atoms with Gasteiger partial charge in [-0.15, -0.1) is 23.1 Å². The molecule has 3 heterocycles. The van der Waals surface area contributed by atoms with Crippen LogP contribution in [0.1, 0.15) is 44.1 Å². The molecule has 0 bridgehead atoms. The van der Waals surface area contributed by atoms with Gasteiger partial charge >= 0.3 is 6.09 Å². The monoisotopic (exact) mass is 532 g/mol. The van der Waals surface area contributed by atoms with E-state index in [1.807, 2.05) is 26.8 Å². The molecule has 190 valence electrons. The Bertz CT molecular complexity index is 1230. The van der Waals surface area contributed by atoms with Crippen LogP contribution in [0.4, 0.5) is 19.3 Å². The summed E-state index contributed by atoms with van der Waals surface area (Å²) in [4.78, 5) is 36.0. The molecule has 36 heavy (non-hydrogen) atoms. The highest BCUT2D eigenvalue weighted by Gasteiger charge is 2.28. The summed E-state index contributed by atoms with van der Waals surface area (Å²) in [5, 5.41) is 4.62. The van der Waals surface area contributed by atoms with Crippen molar-refractivity contribution in [2.75, 3.05) is 18.4 Å². The van der Waals surface area contributed by atoms with E-state index in [0.717, 1.165) is 41.2 Å². The van der Waals surface area contributed by atoms with E-state index in [2.05, 4.69) is 15.3 Å². The number of amides is 2. The van der Waals surface area contributed by atoms with E-state index in [1.54, 1.807) is 29.1 Å². The topological polar surface area (TPSA) is 84.4 Å². The number of carbonyl (C=O) groups is 2. The van der Waals surface area contributed by atoms with Crippen molar-refractivity contribution in [3.63, 3.8) is 0 Å². The number of carbonyl (C=O) groups excluding carboxylic acids is 2. The lowest BCUT2D eigenvalue weighted by atomic mass is 10.1. The molecule has 1 N–H and O–H groups in total. The van der Waals surface area contributed by atoms with Crippen LogP contribution in [0.2, 0.25) is 0 Å². The molecule has 7 nitrogen and oxygen atoms in total. The van der Waals surface area contributed by atoms with E-state index in [-0.39, 0.29) is 27.6 Å².